The molecule has 0 radical (unpaired) electrons. The third kappa shape index (κ3) is 4.63. The zero-order chi connectivity index (χ0) is 11.8. The normalized spacial score (nSPS) is 12.1. The molecule has 0 aliphatic heterocycles. The molecule has 0 spiro atoms. The number of pyridine rings is 1. The summed E-state index contributed by atoms with van der Waals surface area (Å²) < 4.78 is 4.82. The molecular formula is C11H16N2O2S. The quantitative estimate of drug-likeness (QED) is 0.602. The number of nitrogens with two attached hydrogens (primary N) is 1. The topological polar surface area (TPSA) is 65.2 Å². The van der Waals surface area contributed by atoms with Crippen molar-refractivity contribution in [3.05, 3.63) is 24.5 Å². The summed E-state index contributed by atoms with van der Waals surface area (Å²) in [5.41, 5.74) is 5.67. The average Bonchev–Trinajstić information content (AvgIpc) is 2.30. The van der Waals surface area contributed by atoms with Gasteiger partial charge in [0, 0.05) is 23.0 Å². The van der Waals surface area contributed by atoms with Gasteiger partial charge in [0.15, 0.2) is 0 Å². The van der Waals surface area contributed by atoms with Crippen LogP contribution in [0.5, 0.6) is 0 Å². The molecule has 1 aromatic rings. The van der Waals surface area contributed by atoms with E-state index in [0.29, 0.717) is 13.0 Å². The van der Waals surface area contributed by atoms with Crippen LogP contribution in [0.2, 0.25) is 0 Å². The van der Waals surface area contributed by atoms with E-state index < -0.39 is 6.04 Å². The number of esters is 1. The predicted octanol–water partition coefficient (Wildman–Crippen LogP) is 1.45. The number of aromatic nitrogens is 1. The lowest BCUT2D eigenvalue weighted by Gasteiger charge is -2.09. The molecular weight excluding hydrogens is 224 g/mol. The molecule has 0 saturated carbocycles. The van der Waals surface area contributed by atoms with Crippen LogP contribution in [0.15, 0.2) is 29.4 Å². The van der Waals surface area contributed by atoms with Crippen molar-refractivity contribution in [2.45, 2.75) is 24.3 Å². The summed E-state index contributed by atoms with van der Waals surface area (Å²) in [6, 6.07) is 3.34. The zero-order valence-electron chi connectivity index (χ0n) is 9.26. The maximum atomic E-state index is 11.2. The molecule has 0 fully saturated rings. The number of carbonyl (C=O) groups is 1. The van der Waals surface area contributed by atoms with Crippen LogP contribution < -0.4 is 5.73 Å². The summed E-state index contributed by atoms with van der Waals surface area (Å²) in [4.78, 5) is 16.3. The van der Waals surface area contributed by atoms with Gasteiger partial charge in [0.05, 0.1) is 6.61 Å². The van der Waals surface area contributed by atoms with Gasteiger partial charge < -0.3 is 10.5 Å². The van der Waals surface area contributed by atoms with Gasteiger partial charge in [0.2, 0.25) is 0 Å². The van der Waals surface area contributed by atoms with E-state index in [1.807, 2.05) is 12.1 Å². The van der Waals surface area contributed by atoms with E-state index >= 15 is 0 Å². The Morgan fingerprint density at radius 2 is 2.25 bits per heavy atom. The van der Waals surface area contributed by atoms with Crippen LogP contribution in [0.1, 0.15) is 13.3 Å². The summed E-state index contributed by atoms with van der Waals surface area (Å²) >= 11 is 1.66. The lowest BCUT2D eigenvalue weighted by atomic mass is 10.2. The van der Waals surface area contributed by atoms with E-state index in [1.165, 1.54) is 0 Å². The molecule has 1 heterocycles. The number of carbonyl (C=O) groups excluding carboxylic acids is 1. The smallest absolute Gasteiger partial charge is 0.322 e. The lowest BCUT2D eigenvalue weighted by Crippen LogP contribution is -2.32. The van der Waals surface area contributed by atoms with E-state index in [0.717, 1.165) is 10.6 Å². The van der Waals surface area contributed by atoms with Crippen LogP contribution in [0.3, 0.4) is 0 Å². The molecule has 5 heteroatoms. The fourth-order valence-electron chi connectivity index (χ4n) is 1.11. The Labute approximate surface area is 99.6 Å². The number of nitrogens with zero attached hydrogens (tertiary/aromatic N) is 1. The fourth-order valence-corrected chi connectivity index (χ4v) is 2.03. The molecule has 1 atom stereocenters. The first kappa shape index (κ1) is 13.0. The molecule has 0 aromatic carbocycles. The minimum Gasteiger partial charge on any atom is -0.465 e. The highest BCUT2D eigenvalue weighted by Gasteiger charge is 2.13. The van der Waals surface area contributed by atoms with Gasteiger partial charge in [-0.25, -0.2) is 0 Å². The number of hydrogen-bond acceptors (Lipinski definition) is 5. The van der Waals surface area contributed by atoms with Crippen molar-refractivity contribution in [2.24, 2.45) is 5.73 Å². The van der Waals surface area contributed by atoms with E-state index in [4.69, 9.17) is 10.5 Å². The summed E-state index contributed by atoms with van der Waals surface area (Å²) in [6.07, 6.45) is 4.10. The lowest BCUT2D eigenvalue weighted by molar-refractivity contribution is -0.144. The number of thioether (sulfide) groups is 1. The van der Waals surface area contributed by atoms with E-state index in [-0.39, 0.29) is 5.97 Å². The highest BCUT2D eigenvalue weighted by molar-refractivity contribution is 7.99. The van der Waals surface area contributed by atoms with Crippen LogP contribution in [0.25, 0.3) is 0 Å². The highest BCUT2D eigenvalue weighted by Crippen LogP contribution is 2.17. The first-order valence-corrected chi connectivity index (χ1v) is 6.17. The third-order valence-corrected chi connectivity index (χ3v) is 2.98. The molecule has 1 unspecified atom stereocenters. The molecule has 0 amide bonds. The Morgan fingerprint density at radius 3 is 2.88 bits per heavy atom. The van der Waals surface area contributed by atoms with Crippen LogP contribution in [0, 0.1) is 0 Å². The van der Waals surface area contributed by atoms with E-state index in [9.17, 15) is 4.79 Å². The van der Waals surface area contributed by atoms with Gasteiger partial charge in [0.25, 0.3) is 0 Å². The SMILES string of the molecule is CCOC(=O)C(N)CCSc1ccncc1. The molecule has 4 nitrogen and oxygen atoms in total. The van der Waals surface area contributed by atoms with Gasteiger partial charge in [-0.05, 0) is 25.5 Å². The van der Waals surface area contributed by atoms with Crippen LogP contribution >= 0.6 is 11.8 Å². The van der Waals surface area contributed by atoms with Crippen molar-refractivity contribution in [3.8, 4) is 0 Å². The van der Waals surface area contributed by atoms with Gasteiger partial charge in [-0.15, -0.1) is 11.8 Å². The Kier molecular flexibility index (Phi) is 5.88. The van der Waals surface area contributed by atoms with Crippen LogP contribution in [-0.2, 0) is 9.53 Å². The van der Waals surface area contributed by atoms with Crippen molar-refractivity contribution in [2.75, 3.05) is 12.4 Å². The Hall–Kier alpha value is -1.07. The second-order valence-corrected chi connectivity index (χ2v) is 4.35. The standard InChI is InChI=1S/C11H16N2O2S/c1-2-15-11(14)10(12)5-8-16-9-3-6-13-7-4-9/h3-4,6-7,10H,2,5,8,12H2,1H3. The van der Waals surface area contributed by atoms with Crippen molar-refractivity contribution in [1.82, 2.24) is 4.98 Å². The molecule has 88 valence electrons. The van der Waals surface area contributed by atoms with Gasteiger partial charge in [-0.3, -0.25) is 9.78 Å². The van der Waals surface area contributed by atoms with Crippen molar-refractivity contribution >= 4 is 17.7 Å². The molecule has 2 N–H and O–H groups in total. The largest absolute Gasteiger partial charge is 0.465 e. The Morgan fingerprint density at radius 1 is 1.56 bits per heavy atom. The molecule has 1 rings (SSSR count). The summed E-state index contributed by atoms with van der Waals surface area (Å²) in [7, 11) is 0. The monoisotopic (exact) mass is 240 g/mol. The second-order valence-electron chi connectivity index (χ2n) is 3.18. The first-order valence-electron chi connectivity index (χ1n) is 5.19. The van der Waals surface area contributed by atoms with Crippen molar-refractivity contribution in [3.63, 3.8) is 0 Å². The third-order valence-electron chi connectivity index (χ3n) is 1.94. The highest BCUT2D eigenvalue weighted by atomic mass is 32.2. The summed E-state index contributed by atoms with van der Waals surface area (Å²) in [5.74, 6) is 0.474. The summed E-state index contributed by atoms with van der Waals surface area (Å²) in [5, 5.41) is 0. The van der Waals surface area contributed by atoms with E-state index in [2.05, 4.69) is 4.98 Å². The minimum atomic E-state index is -0.519. The number of ether oxygens (including phenoxy) is 1. The zero-order valence-corrected chi connectivity index (χ0v) is 10.1. The van der Waals surface area contributed by atoms with Gasteiger partial charge in [-0.2, -0.15) is 0 Å². The fraction of sp³-hybridized carbons (Fsp3) is 0.455. The van der Waals surface area contributed by atoms with Crippen molar-refractivity contribution < 1.29 is 9.53 Å². The van der Waals surface area contributed by atoms with Gasteiger partial charge in [-0.1, -0.05) is 0 Å². The van der Waals surface area contributed by atoms with Crippen LogP contribution in [0.4, 0.5) is 0 Å². The van der Waals surface area contributed by atoms with Gasteiger partial charge in [0.1, 0.15) is 6.04 Å². The Balaban J connectivity index is 2.23. The number of rotatable bonds is 6. The van der Waals surface area contributed by atoms with Crippen LogP contribution in [-0.4, -0.2) is 29.4 Å². The maximum absolute atomic E-state index is 11.2. The minimum absolute atomic E-state index is 0.321. The molecule has 0 saturated heterocycles. The molecule has 0 bridgehead atoms. The second kappa shape index (κ2) is 7.24. The first-order chi connectivity index (χ1) is 7.74. The predicted molar refractivity (Wildman–Crippen MR) is 64.2 cm³/mol. The average molecular weight is 240 g/mol. The Bertz CT molecular complexity index is 319. The van der Waals surface area contributed by atoms with Gasteiger partial charge >= 0.3 is 5.97 Å². The molecule has 0 aliphatic carbocycles. The molecule has 0 aliphatic rings. The molecule has 16 heavy (non-hydrogen) atoms. The van der Waals surface area contributed by atoms with Crippen molar-refractivity contribution in [1.29, 1.82) is 0 Å². The van der Waals surface area contributed by atoms with E-state index in [1.54, 1.807) is 31.1 Å². The number of hydrogen-bond donors (Lipinski definition) is 1. The summed E-state index contributed by atoms with van der Waals surface area (Å²) in [6.45, 7) is 2.15. The molecule has 1 aromatic heterocycles. The maximum Gasteiger partial charge on any atom is 0.322 e.